The van der Waals surface area contributed by atoms with Crippen LogP contribution in [0.15, 0.2) is 18.2 Å². The Balaban J connectivity index is 2.06. The molecule has 7 heteroatoms. The molecule has 1 saturated heterocycles. The molecule has 114 valence electrons. The van der Waals surface area contributed by atoms with E-state index in [2.05, 4.69) is 10.6 Å². The fourth-order valence-corrected chi connectivity index (χ4v) is 2.21. The monoisotopic (exact) mass is 294 g/mol. The molecule has 0 radical (unpaired) electrons. The van der Waals surface area contributed by atoms with Crippen molar-refractivity contribution in [1.29, 1.82) is 0 Å². The van der Waals surface area contributed by atoms with Crippen LogP contribution >= 0.6 is 0 Å². The molecular formula is C14H18N2O5. The molecule has 2 unspecified atom stereocenters. The van der Waals surface area contributed by atoms with Crippen LogP contribution < -0.4 is 10.6 Å². The largest absolute Gasteiger partial charge is 0.507 e. The predicted molar refractivity (Wildman–Crippen MR) is 75.7 cm³/mol. The number of ether oxygens (including phenoxy) is 1. The summed E-state index contributed by atoms with van der Waals surface area (Å²) in [6.07, 6.45) is 0.606. The van der Waals surface area contributed by atoms with Gasteiger partial charge < -0.3 is 25.6 Å². The average molecular weight is 294 g/mol. The summed E-state index contributed by atoms with van der Waals surface area (Å²) in [6, 6.07) is 3.41. The molecule has 1 aromatic rings. The third kappa shape index (κ3) is 3.25. The second-order valence-corrected chi connectivity index (χ2v) is 5.30. The number of aromatic carboxylic acids is 1. The molecule has 0 saturated carbocycles. The van der Waals surface area contributed by atoms with Gasteiger partial charge in [0.1, 0.15) is 11.3 Å². The number of phenols is 1. The summed E-state index contributed by atoms with van der Waals surface area (Å²) in [5, 5.41) is 23.7. The van der Waals surface area contributed by atoms with E-state index in [0.717, 1.165) is 0 Å². The van der Waals surface area contributed by atoms with Gasteiger partial charge in [0.25, 0.3) is 0 Å². The minimum absolute atomic E-state index is 0.0994. The smallest absolute Gasteiger partial charge is 0.339 e. The van der Waals surface area contributed by atoms with E-state index in [-0.39, 0.29) is 23.1 Å². The SMILES string of the molecule is CC1OCCC1(C)NC(=O)Nc1ccc(O)c(C(=O)O)c1. The van der Waals surface area contributed by atoms with Crippen molar-refractivity contribution in [3.05, 3.63) is 23.8 Å². The summed E-state index contributed by atoms with van der Waals surface area (Å²) in [5.41, 5.74) is -0.439. The van der Waals surface area contributed by atoms with Crippen LogP contribution in [0.4, 0.5) is 10.5 Å². The molecule has 2 rings (SSSR count). The molecule has 2 amide bonds. The number of hydrogen-bond acceptors (Lipinski definition) is 4. The molecule has 21 heavy (non-hydrogen) atoms. The second kappa shape index (κ2) is 5.61. The lowest BCUT2D eigenvalue weighted by Gasteiger charge is -2.28. The van der Waals surface area contributed by atoms with Crippen LogP contribution in [-0.2, 0) is 4.74 Å². The summed E-state index contributed by atoms with van der Waals surface area (Å²) in [7, 11) is 0. The average Bonchev–Trinajstić information content (AvgIpc) is 2.71. The van der Waals surface area contributed by atoms with Gasteiger partial charge >= 0.3 is 12.0 Å². The quantitative estimate of drug-likeness (QED) is 0.635. The first-order chi connectivity index (χ1) is 9.82. The van der Waals surface area contributed by atoms with Crippen molar-refractivity contribution >= 4 is 17.7 Å². The van der Waals surface area contributed by atoms with Crippen LogP contribution in [0, 0.1) is 0 Å². The zero-order chi connectivity index (χ0) is 15.6. The predicted octanol–water partition coefficient (Wildman–Crippen LogP) is 1.78. The van der Waals surface area contributed by atoms with Crippen molar-refractivity contribution in [2.75, 3.05) is 11.9 Å². The van der Waals surface area contributed by atoms with E-state index in [1.54, 1.807) is 0 Å². The first-order valence-corrected chi connectivity index (χ1v) is 6.59. The van der Waals surface area contributed by atoms with Crippen molar-refractivity contribution < 1.29 is 24.5 Å². The van der Waals surface area contributed by atoms with Crippen LogP contribution in [0.3, 0.4) is 0 Å². The fourth-order valence-electron chi connectivity index (χ4n) is 2.21. The van der Waals surface area contributed by atoms with E-state index in [0.29, 0.717) is 13.0 Å². The highest BCUT2D eigenvalue weighted by Gasteiger charge is 2.38. The minimum atomic E-state index is -1.26. The summed E-state index contributed by atoms with van der Waals surface area (Å²) in [4.78, 5) is 22.9. The molecule has 0 bridgehead atoms. The number of anilines is 1. The Bertz CT molecular complexity index is 574. The Kier molecular flexibility index (Phi) is 4.04. The molecule has 0 aromatic heterocycles. The van der Waals surface area contributed by atoms with Crippen LogP contribution in [0.25, 0.3) is 0 Å². The van der Waals surface area contributed by atoms with E-state index in [9.17, 15) is 14.7 Å². The normalized spacial score (nSPS) is 24.6. The van der Waals surface area contributed by atoms with Crippen molar-refractivity contribution in [2.45, 2.75) is 31.9 Å². The standard InChI is InChI=1S/C14H18N2O5/c1-8-14(2,5-6-21-8)16-13(20)15-9-3-4-11(17)10(7-9)12(18)19/h3-4,7-8,17H,5-6H2,1-2H3,(H,18,19)(H2,15,16,20). The Morgan fingerprint density at radius 2 is 2.14 bits per heavy atom. The van der Waals surface area contributed by atoms with Gasteiger partial charge in [-0.2, -0.15) is 0 Å². The van der Waals surface area contributed by atoms with E-state index >= 15 is 0 Å². The lowest BCUT2D eigenvalue weighted by Crippen LogP contribution is -2.52. The van der Waals surface area contributed by atoms with Crippen LogP contribution in [0.1, 0.15) is 30.6 Å². The highest BCUT2D eigenvalue weighted by atomic mass is 16.5. The number of rotatable bonds is 3. The van der Waals surface area contributed by atoms with E-state index < -0.39 is 17.5 Å². The number of aromatic hydroxyl groups is 1. The number of hydrogen-bond donors (Lipinski definition) is 4. The van der Waals surface area contributed by atoms with Gasteiger partial charge in [-0.15, -0.1) is 0 Å². The summed E-state index contributed by atoms with van der Waals surface area (Å²) in [6.45, 7) is 4.36. The molecule has 4 N–H and O–H groups in total. The molecule has 2 atom stereocenters. The van der Waals surface area contributed by atoms with Crippen molar-refractivity contribution in [3.8, 4) is 5.75 Å². The second-order valence-electron chi connectivity index (χ2n) is 5.30. The summed E-state index contributed by atoms with van der Waals surface area (Å²) in [5.74, 6) is -1.61. The summed E-state index contributed by atoms with van der Waals surface area (Å²) >= 11 is 0. The fraction of sp³-hybridized carbons (Fsp3) is 0.429. The Hall–Kier alpha value is -2.28. The molecular weight excluding hydrogens is 276 g/mol. The molecule has 1 heterocycles. The molecule has 1 fully saturated rings. The lowest BCUT2D eigenvalue weighted by atomic mass is 9.95. The maximum atomic E-state index is 12.0. The van der Waals surface area contributed by atoms with Crippen LogP contribution in [0.2, 0.25) is 0 Å². The van der Waals surface area contributed by atoms with Gasteiger partial charge in [0, 0.05) is 12.3 Å². The number of amides is 2. The Morgan fingerprint density at radius 1 is 1.43 bits per heavy atom. The number of benzene rings is 1. The molecule has 1 aliphatic heterocycles. The van der Waals surface area contributed by atoms with Gasteiger partial charge in [-0.3, -0.25) is 0 Å². The van der Waals surface area contributed by atoms with E-state index in [1.165, 1.54) is 18.2 Å². The number of carboxylic acids is 1. The summed E-state index contributed by atoms with van der Waals surface area (Å²) < 4.78 is 5.43. The zero-order valence-electron chi connectivity index (χ0n) is 11.8. The highest BCUT2D eigenvalue weighted by molar-refractivity contribution is 5.95. The number of urea groups is 1. The Morgan fingerprint density at radius 3 is 2.71 bits per heavy atom. The van der Waals surface area contributed by atoms with E-state index in [4.69, 9.17) is 9.84 Å². The first-order valence-electron chi connectivity index (χ1n) is 6.59. The molecule has 0 spiro atoms. The molecule has 1 aromatic carbocycles. The zero-order valence-corrected chi connectivity index (χ0v) is 11.8. The van der Waals surface area contributed by atoms with E-state index in [1.807, 2.05) is 13.8 Å². The van der Waals surface area contributed by atoms with Crippen molar-refractivity contribution in [2.24, 2.45) is 0 Å². The number of nitrogens with one attached hydrogen (secondary N) is 2. The topological polar surface area (TPSA) is 108 Å². The highest BCUT2D eigenvalue weighted by Crippen LogP contribution is 2.25. The lowest BCUT2D eigenvalue weighted by molar-refractivity contribution is 0.0693. The number of carboxylic acid groups (broad SMARTS) is 1. The molecule has 7 nitrogen and oxygen atoms in total. The minimum Gasteiger partial charge on any atom is -0.507 e. The van der Waals surface area contributed by atoms with Crippen molar-refractivity contribution in [3.63, 3.8) is 0 Å². The molecule has 1 aliphatic rings. The van der Waals surface area contributed by atoms with Crippen molar-refractivity contribution in [1.82, 2.24) is 5.32 Å². The maximum absolute atomic E-state index is 12.0. The molecule has 0 aliphatic carbocycles. The van der Waals surface area contributed by atoms with Gasteiger partial charge in [-0.25, -0.2) is 9.59 Å². The Labute approximate surface area is 121 Å². The van der Waals surface area contributed by atoms with Crippen LogP contribution in [-0.4, -0.2) is 40.5 Å². The van der Waals surface area contributed by atoms with Gasteiger partial charge in [-0.1, -0.05) is 0 Å². The first kappa shape index (κ1) is 15.1. The van der Waals surface area contributed by atoms with Crippen LogP contribution in [0.5, 0.6) is 5.75 Å². The number of carbonyl (C=O) groups is 2. The maximum Gasteiger partial charge on any atom is 0.339 e. The van der Waals surface area contributed by atoms with Gasteiger partial charge in [0.15, 0.2) is 0 Å². The third-order valence-electron chi connectivity index (χ3n) is 3.77. The number of carbonyl (C=O) groups excluding carboxylic acids is 1. The van der Waals surface area contributed by atoms with Gasteiger partial charge in [0.05, 0.1) is 11.6 Å². The van der Waals surface area contributed by atoms with Gasteiger partial charge in [0.2, 0.25) is 0 Å². The van der Waals surface area contributed by atoms with Gasteiger partial charge in [-0.05, 0) is 38.5 Å². The third-order valence-corrected chi connectivity index (χ3v) is 3.77.